The summed E-state index contributed by atoms with van der Waals surface area (Å²) >= 11 is 6.24. The van der Waals surface area contributed by atoms with Crippen LogP contribution in [0.25, 0.3) is 0 Å². The monoisotopic (exact) mass is 486 g/mol. The lowest BCUT2D eigenvalue weighted by molar-refractivity contribution is -0.118. The number of benzene rings is 3. The van der Waals surface area contributed by atoms with E-state index in [4.69, 9.17) is 21.1 Å². The molecule has 3 aromatic carbocycles. The number of carbonyl (C=O) groups is 1. The molecule has 0 saturated carbocycles. The molecule has 4 rings (SSSR count). The van der Waals surface area contributed by atoms with E-state index in [2.05, 4.69) is 5.32 Å². The molecule has 0 spiro atoms. The van der Waals surface area contributed by atoms with Gasteiger partial charge in [0.1, 0.15) is 11.5 Å². The third kappa shape index (κ3) is 5.65. The van der Waals surface area contributed by atoms with Crippen LogP contribution in [0, 0.1) is 0 Å². The van der Waals surface area contributed by atoms with Crippen LogP contribution in [-0.4, -0.2) is 38.3 Å². The molecule has 1 aliphatic rings. The number of amides is 1. The van der Waals surface area contributed by atoms with E-state index in [0.717, 1.165) is 12.8 Å². The van der Waals surface area contributed by atoms with Gasteiger partial charge in [-0.25, -0.2) is 8.42 Å². The molecule has 0 bridgehead atoms. The molecule has 0 unspecified atom stereocenters. The maximum Gasteiger partial charge on any atom is 0.262 e. The number of hydrogen-bond acceptors (Lipinski definition) is 5. The van der Waals surface area contributed by atoms with Gasteiger partial charge in [-0.15, -0.1) is 0 Å². The second-order valence-electron chi connectivity index (χ2n) is 7.45. The Kier molecular flexibility index (Phi) is 7.17. The molecule has 7 nitrogen and oxygen atoms in total. The molecular formula is C24H23ClN2O5S. The van der Waals surface area contributed by atoms with Gasteiger partial charge in [-0.1, -0.05) is 41.9 Å². The van der Waals surface area contributed by atoms with Crippen molar-refractivity contribution in [1.29, 1.82) is 0 Å². The van der Waals surface area contributed by atoms with E-state index in [1.807, 2.05) is 36.4 Å². The van der Waals surface area contributed by atoms with Gasteiger partial charge in [0.25, 0.3) is 5.91 Å². The molecule has 9 heteroatoms. The molecule has 1 amide bonds. The number of halogens is 1. The van der Waals surface area contributed by atoms with Crippen molar-refractivity contribution in [2.24, 2.45) is 0 Å². The molecule has 1 saturated heterocycles. The number of sulfonamides is 1. The molecule has 1 N–H and O–H groups in total. The average Bonchev–Trinajstić information content (AvgIpc) is 3.36. The number of anilines is 1. The third-order valence-corrected chi connectivity index (χ3v) is 7.29. The highest BCUT2D eigenvalue weighted by molar-refractivity contribution is 7.89. The van der Waals surface area contributed by atoms with E-state index in [0.29, 0.717) is 30.3 Å². The lowest BCUT2D eigenvalue weighted by Crippen LogP contribution is -2.27. The first-order chi connectivity index (χ1) is 15.9. The Bertz CT molecular complexity index is 1230. The fraction of sp³-hybridized carbons (Fsp3) is 0.208. The Labute approximate surface area is 197 Å². The van der Waals surface area contributed by atoms with Crippen LogP contribution in [0.2, 0.25) is 5.02 Å². The summed E-state index contributed by atoms with van der Waals surface area (Å²) in [4.78, 5) is 12.6. The first kappa shape index (κ1) is 23.1. The molecule has 1 fully saturated rings. The summed E-state index contributed by atoms with van der Waals surface area (Å²) in [5.74, 6) is 0.947. The van der Waals surface area contributed by atoms with Crippen molar-refractivity contribution in [2.75, 3.05) is 25.0 Å². The van der Waals surface area contributed by atoms with Crippen molar-refractivity contribution in [3.63, 3.8) is 0 Å². The number of carbonyl (C=O) groups excluding carboxylic acids is 1. The Morgan fingerprint density at radius 2 is 1.64 bits per heavy atom. The van der Waals surface area contributed by atoms with Gasteiger partial charge >= 0.3 is 0 Å². The van der Waals surface area contributed by atoms with Crippen molar-refractivity contribution >= 4 is 33.2 Å². The van der Waals surface area contributed by atoms with E-state index < -0.39 is 15.9 Å². The van der Waals surface area contributed by atoms with E-state index in [1.165, 1.54) is 22.5 Å². The maximum atomic E-state index is 12.7. The van der Waals surface area contributed by atoms with Gasteiger partial charge in [0.15, 0.2) is 12.4 Å². The standard InChI is InChI=1S/C24H23ClN2O5S/c25-20-16-19(33(29,30)27-14-6-7-15-27)12-13-22(20)31-17-24(28)26-21-10-4-5-11-23(21)32-18-8-2-1-3-9-18/h1-5,8-13,16H,6-7,14-15,17H2,(H,26,28). The summed E-state index contributed by atoms with van der Waals surface area (Å²) in [6.07, 6.45) is 1.70. The number of para-hydroxylation sites is 3. The predicted octanol–water partition coefficient (Wildman–Crippen LogP) is 4.93. The Hall–Kier alpha value is -3.07. The normalized spacial score (nSPS) is 14.1. The van der Waals surface area contributed by atoms with Gasteiger partial charge in [0.05, 0.1) is 15.6 Å². The quantitative estimate of drug-likeness (QED) is 0.487. The largest absolute Gasteiger partial charge is 0.482 e. The number of nitrogens with zero attached hydrogens (tertiary/aromatic N) is 1. The van der Waals surface area contributed by atoms with Crippen LogP contribution in [0.4, 0.5) is 5.69 Å². The summed E-state index contributed by atoms with van der Waals surface area (Å²) in [6, 6.07) is 20.6. The van der Waals surface area contributed by atoms with Crippen LogP contribution in [0.1, 0.15) is 12.8 Å². The average molecular weight is 487 g/mol. The summed E-state index contributed by atoms with van der Waals surface area (Å²) < 4.78 is 38.2. The number of rotatable bonds is 8. The van der Waals surface area contributed by atoms with Gasteiger partial charge in [-0.2, -0.15) is 4.31 Å². The van der Waals surface area contributed by atoms with Gasteiger partial charge in [0.2, 0.25) is 10.0 Å². The lowest BCUT2D eigenvalue weighted by atomic mass is 10.3. The second kappa shape index (κ2) is 10.2. The van der Waals surface area contributed by atoms with E-state index in [9.17, 15) is 13.2 Å². The topological polar surface area (TPSA) is 84.9 Å². The fourth-order valence-electron chi connectivity index (χ4n) is 3.44. The zero-order chi connectivity index (χ0) is 23.3. The minimum absolute atomic E-state index is 0.109. The molecule has 0 aliphatic carbocycles. The molecule has 0 aromatic heterocycles. The highest BCUT2D eigenvalue weighted by Crippen LogP contribution is 2.31. The van der Waals surface area contributed by atoms with Crippen molar-refractivity contribution < 1.29 is 22.7 Å². The Morgan fingerprint density at radius 3 is 2.36 bits per heavy atom. The van der Waals surface area contributed by atoms with Crippen LogP contribution >= 0.6 is 11.6 Å². The lowest BCUT2D eigenvalue weighted by Gasteiger charge is -2.16. The highest BCUT2D eigenvalue weighted by atomic mass is 35.5. The van der Waals surface area contributed by atoms with Crippen molar-refractivity contribution in [1.82, 2.24) is 4.31 Å². The molecule has 172 valence electrons. The van der Waals surface area contributed by atoms with Gasteiger partial charge in [0, 0.05) is 13.1 Å². The van der Waals surface area contributed by atoms with Crippen molar-refractivity contribution in [2.45, 2.75) is 17.7 Å². The molecule has 33 heavy (non-hydrogen) atoms. The zero-order valence-corrected chi connectivity index (χ0v) is 19.3. The Balaban J connectivity index is 1.39. The van der Waals surface area contributed by atoms with Crippen molar-refractivity contribution in [3.05, 3.63) is 77.8 Å². The van der Waals surface area contributed by atoms with E-state index in [-0.39, 0.29) is 22.3 Å². The summed E-state index contributed by atoms with van der Waals surface area (Å²) in [5.41, 5.74) is 0.494. The summed E-state index contributed by atoms with van der Waals surface area (Å²) in [6.45, 7) is 0.708. The smallest absolute Gasteiger partial charge is 0.262 e. The third-order valence-electron chi connectivity index (χ3n) is 5.10. The fourth-order valence-corrected chi connectivity index (χ4v) is 5.28. The Morgan fingerprint density at radius 1 is 0.939 bits per heavy atom. The predicted molar refractivity (Wildman–Crippen MR) is 127 cm³/mol. The molecule has 1 heterocycles. The highest BCUT2D eigenvalue weighted by Gasteiger charge is 2.27. The minimum Gasteiger partial charge on any atom is -0.482 e. The molecule has 0 radical (unpaired) electrons. The molecule has 3 aromatic rings. The number of ether oxygens (including phenoxy) is 2. The summed E-state index contributed by atoms with van der Waals surface area (Å²) in [7, 11) is -3.58. The van der Waals surface area contributed by atoms with Crippen LogP contribution in [0.15, 0.2) is 77.7 Å². The van der Waals surface area contributed by atoms with Crippen LogP contribution in [0.3, 0.4) is 0 Å². The van der Waals surface area contributed by atoms with Crippen LogP contribution < -0.4 is 14.8 Å². The minimum atomic E-state index is -3.58. The number of hydrogen-bond donors (Lipinski definition) is 1. The van der Waals surface area contributed by atoms with E-state index >= 15 is 0 Å². The molecular weight excluding hydrogens is 464 g/mol. The maximum absolute atomic E-state index is 12.7. The number of nitrogens with one attached hydrogen (secondary N) is 1. The summed E-state index contributed by atoms with van der Waals surface area (Å²) in [5, 5.41) is 2.88. The molecule has 0 atom stereocenters. The molecule has 1 aliphatic heterocycles. The van der Waals surface area contributed by atoms with Crippen molar-refractivity contribution in [3.8, 4) is 17.2 Å². The van der Waals surface area contributed by atoms with Gasteiger partial charge in [-0.3, -0.25) is 4.79 Å². The van der Waals surface area contributed by atoms with Gasteiger partial charge in [-0.05, 0) is 55.3 Å². The van der Waals surface area contributed by atoms with Gasteiger partial charge < -0.3 is 14.8 Å². The van der Waals surface area contributed by atoms with E-state index in [1.54, 1.807) is 18.2 Å². The first-order valence-electron chi connectivity index (χ1n) is 10.5. The SMILES string of the molecule is O=C(COc1ccc(S(=O)(=O)N2CCCC2)cc1Cl)Nc1ccccc1Oc1ccccc1. The second-order valence-corrected chi connectivity index (χ2v) is 9.80. The zero-order valence-electron chi connectivity index (χ0n) is 17.7. The van der Waals surface area contributed by atoms with Crippen LogP contribution in [0.5, 0.6) is 17.2 Å². The first-order valence-corrected chi connectivity index (χ1v) is 12.3. The van der Waals surface area contributed by atoms with Crippen LogP contribution in [-0.2, 0) is 14.8 Å².